The summed E-state index contributed by atoms with van der Waals surface area (Å²) in [6.45, 7) is 0.529. The van der Waals surface area contributed by atoms with Crippen molar-refractivity contribution in [1.82, 2.24) is 0 Å². The van der Waals surface area contributed by atoms with Gasteiger partial charge in [-0.05, 0) is 36.9 Å². The average molecular weight is 294 g/mol. The Balaban J connectivity index is 2.04. The third-order valence-corrected chi connectivity index (χ3v) is 4.32. The van der Waals surface area contributed by atoms with E-state index in [0.29, 0.717) is 24.4 Å². The van der Waals surface area contributed by atoms with E-state index in [1.54, 1.807) is 0 Å². The van der Waals surface area contributed by atoms with Crippen LogP contribution in [0, 0.1) is 11.2 Å². The molecule has 1 aromatic carbocycles. The maximum atomic E-state index is 13.2. The quantitative estimate of drug-likeness (QED) is 0.877. The molecule has 1 saturated carbocycles. The molecule has 0 aromatic heterocycles. The highest BCUT2D eigenvalue weighted by atomic mass is 19.1. The molecule has 116 valence electrons. The molecular weight excluding hydrogens is 271 g/mol. The van der Waals surface area contributed by atoms with E-state index in [9.17, 15) is 9.18 Å². The second kappa shape index (κ2) is 6.89. The molecule has 2 rings (SSSR count). The number of amides is 1. The number of nitrogens with one attached hydrogen (secondary N) is 1. The van der Waals surface area contributed by atoms with Crippen LogP contribution in [0.25, 0.3) is 0 Å². The van der Waals surface area contributed by atoms with Gasteiger partial charge in [-0.2, -0.15) is 0 Å². The van der Waals surface area contributed by atoms with Gasteiger partial charge in [0.05, 0.1) is 12.8 Å². The zero-order chi connectivity index (χ0) is 15.3. The van der Waals surface area contributed by atoms with Gasteiger partial charge in [-0.15, -0.1) is 0 Å². The fourth-order valence-electron chi connectivity index (χ4n) is 3.06. The fraction of sp³-hybridized carbons (Fsp3) is 0.562. The first-order chi connectivity index (χ1) is 10.1. The van der Waals surface area contributed by atoms with E-state index in [2.05, 4.69) is 5.32 Å². The summed E-state index contributed by atoms with van der Waals surface area (Å²) >= 11 is 0. The number of carbonyl (C=O) groups is 1. The van der Waals surface area contributed by atoms with Crippen LogP contribution in [-0.2, 0) is 4.79 Å². The summed E-state index contributed by atoms with van der Waals surface area (Å²) in [4.78, 5) is 12.3. The Morgan fingerprint density at radius 3 is 2.71 bits per heavy atom. The second-order valence-corrected chi connectivity index (χ2v) is 5.83. The van der Waals surface area contributed by atoms with Gasteiger partial charge in [-0.3, -0.25) is 4.79 Å². The Hall–Kier alpha value is -1.62. The van der Waals surface area contributed by atoms with Crippen LogP contribution >= 0.6 is 0 Å². The molecule has 0 heterocycles. The third kappa shape index (κ3) is 3.94. The van der Waals surface area contributed by atoms with Crippen molar-refractivity contribution >= 4 is 11.6 Å². The smallest absolute Gasteiger partial charge is 0.225 e. The summed E-state index contributed by atoms with van der Waals surface area (Å²) in [5.41, 5.74) is 6.31. The van der Waals surface area contributed by atoms with E-state index in [-0.39, 0.29) is 11.3 Å². The number of rotatable bonds is 5. The van der Waals surface area contributed by atoms with Gasteiger partial charge in [0, 0.05) is 12.5 Å². The van der Waals surface area contributed by atoms with Crippen LogP contribution < -0.4 is 15.8 Å². The monoisotopic (exact) mass is 294 g/mol. The van der Waals surface area contributed by atoms with Gasteiger partial charge < -0.3 is 15.8 Å². The minimum atomic E-state index is -0.393. The zero-order valence-electron chi connectivity index (χ0n) is 12.5. The molecule has 5 heteroatoms. The summed E-state index contributed by atoms with van der Waals surface area (Å²) < 4.78 is 18.2. The van der Waals surface area contributed by atoms with Gasteiger partial charge in [0.15, 0.2) is 0 Å². The summed E-state index contributed by atoms with van der Waals surface area (Å²) in [5, 5.41) is 2.81. The van der Waals surface area contributed by atoms with Crippen LogP contribution in [0.5, 0.6) is 5.75 Å². The molecule has 0 aliphatic heterocycles. The minimum absolute atomic E-state index is 0.0877. The lowest BCUT2D eigenvalue weighted by Crippen LogP contribution is -2.36. The Labute approximate surface area is 124 Å². The average Bonchev–Trinajstić information content (AvgIpc) is 2.50. The number of anilines is 1. The Morgan fingerprint density at radius 1 is 1.38 bits per heavy atom. The molecular formula is C16H23FN2O2. The molecule has 1 aliphatic rings. The summed E-state index contributed by atoms with van der Waals surface area (Å²) in [7, 11) is 1.45. The van der Waals surface area contributed by atoms with E-state index >= 15 is 0 Å². The van der Waals surface area contributed by atoms with Gasteiger partial charge in [0.25, 0.3) is 0 Å². The van der Waals surface area contributed by atoms with Crippen LogP contribution in [0.2, 0.25) is 0 Å². The van der Waals surface area contributed by atoms with Crippen molar-refractivity contribution < 1.29 is 13.9 Å². The Kier molecular flexibility index (Phi) is 5.17. The molecule has 1 fully saturated rings. The molecule has 0 bridgehead atoms. The van der Waals surface area contributed by atoms with E-state index in [4.69, 9.17) is 10.5 Å². The van der Waals surface area contributed by atoms with E-state index in [0.717, 1.165) is 25.7 Å². The van der Waals surface area contributed by atoms with E-state index in [1.807, 2.05) is 0 Å². The van der Waals surface area contributed by atoms with Gasteiger partial charge in [-0.25, -0.2) is 4.39 Å². The van der Waals surface area contributed by atoms with Crippen LogP contribution in [0.3, 0.4) is 0 Å². The summed E-state index contributed by atoms with van der Waals surface area (Å²) in [5.74, 6) is -0.156. The van der Waals surface area contributed by atoms with Crippen molar-refractivity contribution in [1.29, 1.82) is 0 Å². The molecule has 1 aliphatic carbocycles. The highest BCUT2D eigenvalue weighted by Gasteiger charge is 2.33. The SMILES string of the molecule is COc1cc(F)ccc1NC(=O)CC1(CN)CCCCC1. The standard InChI is InChI=1S/C16H23FN2O2/c1-21-14-9-12(17)5-6-13(14)19-15(20)10-16(11-18)7-3-2-4-8-16/h5-6,9H,2-4,7-8,10-11,18H2,1H3,(H,19,20). The zero-order valence-corrected chi connectivity index (χ0v) is 12.5. The second-order valence-electron chi connectivity index (χ2n) is 5.83. The first-order valence-electron chi connectivity index (χ1n) is 7.42. The van der Waals surface area contributed by atoms with E-state index in [1.165, 1.54) is 31.7 Å². The van der Waals surface area contributed by atoms with Crippen molar-refractivity contribution in [3.63, 3.8) is 0 Å². The molecule has 0 radical (unpaired) electrons. The number of carbonyl (C=O) groups excluding carboxylic acids is 1. The van der Waals surface area contributed by atoms with Crippen LogP contribution in [0.15, 0.2) is 18.2 Å². The predicted octanol–water partition coefficient (Wildman–Crippen LogP) is 3.07. The van der Waals surface area contributed by atoms with Crippen molar-refractivity contribution in [2.75, 3.05) is 19.0 Å². The van der Waals surface area contributed by atoms with Gasteiger partial charge in [0.2, 0.25) is 5.91 Å². The van der Waals surface area contributed by atoms with Crippen molar-refractivity contribution in [2.45, 2.75) is 38.5 Å². The lowest BCUT2D eigenvalue weighted by atomic mass is 9.71. The lowest BCUT2D eigenvalue weighted by Gasteiger charge is -2.35. The van der Waals surface area contributed by atoms with Crippen LogP contribution in [0.1, 0.15) is 38.5 Å². The van der Waals surface area contributed by atoms with Gasteiger partial charge in [0.1, 0.15) is 11.6 Å². The molecule has 0 atom stereocenters. The summed E-state index contributed by atoms with van der Waals surface area (Å²) in [6.07, 6.45) is 5.88. The first-order valence-corrected chi connectivity index (χ1v) is 7.42. The number of benzene rings is 1. The van der Waals surface area contributed by atoms with Gasteiger partial charge >= 0.3 is 0 Å². The largest absolute Gasteiger partial charge is 0.494 e. The number of ether oxygens (including phenoxy) is 1. The van der Waals surface area contributed by atoms with Crippen LogP contribution in [-0.4, -0.2) is 19.6 Å². The van der Waals surface area contributed by atoms with Gasteiger partial charge in [-0.1, -0.05) is 19.3 Å². The fourth-order valence-corrected chi connectivity index (χ4v) is 3.06. The maximum absolute atomic E-state index is 13.2. The first kappa shape index (κ1) is 15.8. The molecule has 3 N–H and O–H groups in total. The molecule has 0 unspecified atom stereocenters. The molecule has 0 saturated heterocycles. The maximum Gasteiger partial charge on any atom is 0.225 e. The number of hydrogen-bond donors (Lipinski definition) is 2. The minimum Gasteiger partial charge on any atom is -0.494 e. The predicted molar refractivity (Wildman–Crippen MR) is 80.8 cm³/mol. The highest BCUT2D eigenvalue weighted by Crippen LogP contribution is 2.38. The van der Waals surface area contributed by atoms with E-state index < -0.39 is 5.82 Å². The normalized spacial score (nSPS) is 17.3. The van der Waals surface area contributed by atoms with Crippen molar-refractivity contribution in [3.05, 3.63) is 24.0 Å². The Bertz CT molecular complexity index is 499. The summed E-state index contributed by atoms with van der Waals surface area (Å²) in [6, 6.07) is 4.08. The third-order valence-electron chi connectivity index (χ3n) is 4.32. The molecule has 1 aromatic rings. The Morgan fingerprint density at radius 2 is 2.10 bits per heavy atom. The number of hydrogen-bond acceptors (Lipinski definition) is 3. The number of nitrogens with two attached hydrogens (primary N) is 1. The topological polar surface area (TPSA) is 64.3 Å². The lowest BCUT2D eigenvalue weighted by molar-refractivity contribution is -0.118. The molecule has 4 nitrogen and oxygen atoms in total. The van der Waals surface area contributed by atoms with Crippen LogP contribution in [0.4, 0.5) is 10.1 Å². The highest BCUT2D eigenvalue weighted by molar-refractivity contribution is 5.92. The molecule has 1 amide bonds. The van der Waals surface area contributed by atoms with Crippen molar-refractivity contribution in [3.8, 4) is 5.75 Å². The number of halogens is 1. The van der Waals surface area contributed by atoms with Crippen molar-refractivity contribution in [2.24, 2.45) is 11.1 Å². The molecule has 0 spiro atoms. The number of methoxy groups -OCH3 is 1. The molecule has 21 heavy (non-hydrogen) atoms.